The van der Waals surface area contributed by atoms with E-state index < -0.39 is 4.92 Å². The fourth-order valence-electron chi connectivity index (χ4n) is 2.83. The van der Waals surface area contributed by atoms with Gasteiger partial charge < -0.3 is 10.4 Å². The standard InChI is InChI=1S/C14H19ClN2O3/c15-12-4-3-11(13(7-12)17(19)20)8-16-9-14(10-18)5-1-2-6-14/h3-4,7,16,18H,1-2,5-6,8-10H2. The quantitative estimate of drug-likeness (QED) is 0.625. The Bertz CT molecular complexity index is 487. The third kappa shape index (κ3) is 3.48. The Hall–Kier alpha value is -1.17. The highest BCUT2D eigenvalue weighted by Gasteiger charge is 2.32. The van der Waals surface area contributed by atoms with Crippen LogP contribution in [0.2, 0.25) is 5.02 Å². The summed E-state index contributed by atoms with van der Waals surface area (Å²) in [5.74, 6) is 0. The van der Waals surface area contributed by atoms with E-state index in [-0.39, 0.29) is 17.7 Å². The van der Waals surface area contributed by atoms with E-state index in [0.29, 0.717) is 23.7 Å². The molecule has 0 unspecified atom stereocenters. The molecule has 20 heavy (non-hydrogen) atoms. The minimum Gasteiger partial charge on any atom is -0.396 e. The highest BCUT2D eigenvalue weighted by atomic mass is 35.5. The van der Waals surface area contributed by atoms with Gasteiger partial charge in [0, 0.05) is 41.8 Å². The molecule has 1 aromatic rings. The first-order valence-corrected chi connectivity index (χ1v) is 7.18. The lowest BCUT2D eigenvalue weighted by Gasteiger charge is -2.26. The van der Waals surface area contributed by atoms with Crippen molar-refractivity contribution in [3.05, 3.63) is 38.9 Å². The zero-order chi connectivity index (χ0) is 14.6. The Morgan fingerprint density at radius 1 is 1.40 bits per heavy atom. The maximum absolute atomic E-state index is 11.0. The van der Waals surface area contributed by atoms with E-state index >= 15 is 0 Å². The Kier molecular flexibility index (Phi) is 4.96. The molecular weight excluding hydrogens is 280 g/mol. The van der Waals surface area contributed by atoms with Crippen LogP contribution in [0.25, 0.3) is 0 Å². The lowest BCUT2D eigenvalue weighted by atomic mass is 9.87. The van der Waals surface area contributed by atoms with Gasteiger partial charge in [-0.3, -0.25) is 10.1 Å². The highest BCUT2D eigenvalue weighted by molar-refractivity contribution is 6.30. The molecule has 1 aliphatic rings. The number of aliphatic hydroxyl groups is 1. The number of nitrogens with one attached hydrogen (secondary N) is 1. The van der Waals surface area contributed by atoms with Crippen molar-refractivity contribution >= 4 is 17.3 Å². The molecule has 0 bridgehead atoms. The van der Waals surface area contributed by atoms with E-state index in [1.807, 2.05) is 0 Å². The van der Waals surface area contributed by atoms with Gasteiger partial charge in [-0.05, 0) is 25.0 Å². The first-order valence-electron chi connectivity index (χ1n) is 6.81. The average Bonchev–Trinajstić information content (AvgIpc) is 2.89. The van der Waals surface area contributed by atoms with Crippen LogP contribution < -0.4 is 5.32 Å². The monoisotopic (exact) mass is 298 g/mol. The van der Waals surface area contributed by atoms with Crippen LogP contribution in [0.5, 0.6) is 0 Å². The number of rotatable bonds is 6. The second-order valence-electron chi connectivity index (χ2n) is 5.50. The van der Waals surface area contributed by atoms with E-state index in [4.69, 9.17) is 11.6 Å². The third-order valence-electron chi connectivity index (χ3n) is 4.06. The Morgan fingerprint density at radius 2 is 2.10 bits per heavy atom. The summed E-state index contributed by atoms with van der Waals surface area (Å²) in [5, 5.41) is 24.1. The smallest absolute Gasteiger partial charge is 0.275 e. The number of nitro groups is 1. The molecule has 0 aromatic heterocycles. The molecule has 1 aliphatic carbocycles. The van der Waals surface area contributed by atoms with Crippen molar-refractivity contribution in [1.82, 2.24) is 5.32 Å². The predicted molar refractivity (Wildman–Crippen MR) is 77.8 cm³/mol. The third-order valence-corrected chi connectivity index (χ3v) is 4.29. The minimum absolute atomic E-state index is 0.0365. The van der Waals surface area contributed by atoms with Crippen molar-refractivity contribution in [2.75, 3.05) is 13.2 Å². The van der Waals surface area contributed by atoms with Gasteiger partial charge in [-0.2, -0.15) is 0 Å². The molecule has 1 aromatic carbocycles. The number of aliphatic hydroxyl groups excluding tert-OH is 1. The van der Waals surface area contributed by atoms with Gasteiger partial charge in [-0.25, -0.2) is 0 Å². The molecule has 6 heteroatoms. The number of hydrogen-bond acceptors (Lipinski definition) is 4. The Morgan fingerprint density at radius 3 is 2.70 bits per heavy atom. The average molecular weight is 299 g/mol. The first kappa shape index (κ1) is 15.2. The molecule has 1 fully saturated rings. The van der Waals surface area contributed by atoms with Crippen molar-refractivity contribution in [2.24, 2.45) is 5.41 Å². The van der Waals surface area contributed by atoms with Crippen LogP contribution in [0.3, 0.4) is 0 Å². The molecule has 0 spiro atoms. The van der Waals surface area contributed by atoms with Gasteiger partial charge in [0.1, 0.15) is 0 Å². The largest absolute Gasteiger partial charge is 0.396 e. The van der Waals surface area contributed by atoms with Crippen LogP contribution in [0.1, 0.15) is 31.2 Å². The van der Waals surface area contributed by atoms with Crippen LogP contribution in [0, 0.1) is 15.5 Å². The van der Waals surface area contributed by atoms with Crippen LogP contribution in [0.4, 0.5) is 5.69 Å². The van der Waals surface area contributed by atoms with Gasteiger partial charge in [-0.15, -0.1) is 0 Å². The van der Waals surface area contributed by atoms with Crippen LogP contribution in [0.15, 0.2) is 18.2 Å². The topological polar surface area (TPSA) is 75.4 Å². The van der Waals surface area contributed by atoms with Gasteiger partial charge in [0.05, 0.1) is 4.92 Å². The van der Waals surface area contributed by atoms with Gasteiger partial charge >= 0.3 is 0 Å². The van der Waals surface area contributed by atoms with E-state index in [9.17, 15) is 15.2 Å². The zero-order valence-electron chi connectivity index (χ0n) is 11.3. The van der Waals surface area contributed by atoms with Crippen molar-refractivity contribution in [2.45, 2.75) is 32.2 Å². The fourth-order valence-corrected chi connectivity index (χ4v) is 3.00. The molecule has 5 nitrogen and oxygen atoms in total. The summed E-state index contributed by atoms with van der Waals surface area (Å²) in [7, 11) is 0. The molecule has 1 saturated carbocycles. The van der Waals surface area contributed by atoms with Gasteiger partial charge in [0.15, 0.2) is 0 Å². The number of benzene rings is 1. The second-order valence-corrected chi connectivity index (χ2v) is 5.94. The number of nitro benzene ring substituents is 1. The summed E-state index contributed by atoms with van der Waals surface area (Å²) >= 11 is 5.79. The molecule has 2 N–H and O–H groups in total. The fraction of sp³-hybridized carbons (Fsp3) is 0.571. The predicted octanol–water partition coefficient (Wildman–Crippen LogP) is 2.89. The van der Waals surface area contributed by atoms with E-state index in [2.05, 4.69) is 5.32 Å². The lowest BCUT2D eigenvalue weighted by Crippen LogP contribution is -2.34. The molecule has 0 amide bonds. The van der Waals surface area contributed by atoms with E-state index in [1.54, 1.807) is 12.1 Å². The normalized spacial score (nSPS) is 17.3. The summed E-state index contributed by atoms with van der Waals surface area (Å²) in [6, 6.07) is 4.70. The van der Waals surface area contributed by atoms with Crippen molar-refractivity contribution < 1.29 is 10.0 Å². The number of nitrogens with zero attached hydrogens (tertiary/aromatic N) is 1. The van der Waals surface area contributed by atoms with Gasteiger partial charge in [0.25, 0.3) is 5.69 Å². The minimum atomic E-state index is -0.416. The lowest BCUT2D eigenvalue weighted by molar-refractivity contribution is -0.385. The number of halogens is 1. The van der Waals surface area contributed by atoms with Crippen LogP contribution >= 0.6 is 11.6 Å². The summed E-state index contributed by atoms with van der Waals surface area (Å²) < 4.78 is 0. The molecule has 0 saturated heterocycles. The molecule has 0 radical (unpaired) electrons. The molecule has 110 valence electrons. The zero-order valence-corrected chi connectivity index (χ0v) is 12.0. The maximum atomic E-state index is 11.0. The van der Waals surface area contributed by atoms with Crippen molar-refractivity contribution in [3.8, 4) is 0 Å². The SMILES string of the molecule is O=[N+]([O-])c1cc(Cl)ccc1CNCC1(CO)CCCC1. The molecule has 0 atom stereocenters. The molecular formula is C14H19ClN2O3. The van der Waals surface area contributed by atoms with E-state index in [1.165, 1.54) is 6.07 Å². The second kappa shape index (κ2) is 6.52. The van der Waals surface area contributed by atoms with Crippen molar-refractivity contribution in [3.63, 3.8) is 0 Å². The number of hydrogen-bond donors (Lipinski definition) is 2. The van der Waals surface area contributed by atoms with E-state index in [0.717, 1.165) is 25.7 Å². The Balaban J connectivity index is 1.99. The van der Waals surface area contributed by atoms with Crippen molar-refractivity contribution in [1.29, 1.82) is 0 Å². The summed E-state index contributed by atoms with van der Waals surface area (Å²) in [5.41, 5.74) is 0.598. The first-order chi connectivity index (χ1) is 9.56. The van der Waals surface area contributed by atoms with Crippen LogP contribution in [-0.4, -0.2) is 23.2 Å². The molecule has 0 heterocycles. The molecule has 0 aliphatic heterocycles. The van der Waals surface area contributed by atoms with Crippen LogP contribution in [-0.2, 0) is 6.54 Å². The summed E-state index contributed by atoms with van der Waals surface area (Å²) in [6.07, 6.45) is 4.31. The maximum Gasteiger partial charge on any atom is 0.275 e. The van der Waals surface area contributed by atoms with Gasteiger partial charge in [0.2, 0.25) is 0 Å². The Labute approximate surface area is 123 Å². The molecule has 2 rings (SSSR count). The summed E-state index contributed by atoms with van der Waals surface area (Å²) in [6.45, 7) is 1.27. The van der Waals surface area contributed by atoms with Gasteiger partial charge in [-0.1, -0.05) is 24.4 Å². The highest BCUT2D eigenvalue weighted by Crippen LogP contribution is 2.37. The summed E-state index contributed by atoms with van der Waals surface area (Å²) in [4.78, 5) is 10.6.